The van der Waals surface area contributed by atoms with Gasteiger partial charge in [0.15, 0.2) is 0 Å². The van der Waals surface area contributed by atoms with E-state index in [-0.39, 0.29) is 16.9 Å². The lowest BCUT2D eigenvalue weighted by Crippen LogP contribution is -2.31. The maximum absolute atomic E-state index is 12.8. The summed E-state index contributed by atoms with van der Waals surface area (Å²) in [5.41, 5.74) is 1.56. The van der Waals surface area contributed by atoms with Gasteiger partial charge in [0, 0.05) is 25.6 Å². The van der Waals surface area contributed by atoms with Crippen molar-refractivity contribution in [1.82, 2.24) is 5.32 Å². The molecule has 0 spiro atoms. The third kappa shape index (κ3) is 4.08. The highest BCUT2D eigenvalue weighted by Gasteiger charge is 2.24. The molecular weight excluding hydrogens is 372 g/mol. The first-order valence-electron chi connectivity index (χ1n) is 8.42. The summed E-state index contributed by atoms with van der Waals surface area (Å²) in [6.45, 7) is 3.08. The second-order valence-electron chi connectivity index (χ2n) is 6.30. The number of sulfonamides is 1. The first-order chi connectivity index (χ1) is 12.4. The quantitative estimate of drug-likeness (QED) is 0.817. The topological polar surface area (TPSA) is 75.7 Å². The Balaban J connectivity index is 1.72. The van der Waals surface area contributed by atoms with Crippen LogP contribution in [-0.2, 0) is 14.8 Å². The molecule has 2 aromatic rings. The largest absolute Gasteiger partial charge is 0.376 e. The van der Waals surface area contributed by atoms with E-state index < -0.39 is 10.0 Å². The lowest BCUT2D eigenvalue weighted by molar-refractivity contribution is 0.0861. The number of thiophene rings is 1. The second-order valence-corrected chi connectivity index (χ2v) is 9.18. The van der Waals surface area contributed by atoms with Crippen LogP contribution in [0.15, 0.2) is 40.6 Å². The molecule has 8 heteroatoms. The molecular formula is C18H22N2O4S2. The van der Waals surface area contributed by atoms with Crippen LogP contribution < -0.4 is 9.62 Å². The highest BCUT2D eigenvalue weighted by atomic mass is 32.2. The molecule has 0 radical (unpaired) electrons. The molecule has 1 aliphatic rings. The van der Waals surface area contributed by atoms with Crippen LogP contribution in [0.25, 0.3) is 0 Å². The van der Waals surface area contributed by atoms with Crippen LogP contribution in [0.1, 0.15) is 28.1 Å². The Kier molecular flexibility index (Phi) is 5.64. The molecule has 2 heterocycles. The van der Waals surface area contributed by atoms with E-state index in [2.05, 4.69) is 5.32 Å². The predicted molar refractivity (Wildman–Crippen MR) is 102 cm³/mol. The third-order valence-electron chi connectivity index (χ3n) is 4.34. The molecule has 140 valence electrons. The number of ether oxygens (including phenoxy) is 1. The molecule has 1 aliphatic heterocycles. The second kappa shape index (κ2) is 7.77. The molecule has 0 aliphatic carbocycles. The van der Waals surface area contributed by atoms with Crippen LogP contribution in [-0.4, -0.2) is 40.6 Å². The molecule has 0 saturated carbocycles. The fraction of sp³-hybridized carbons (Fsp3) is 0.389. The molecule has 1 saturated heterocycles. The summed E-state index contributed by atoms with van der Waals surface area (Å²) in [5, 5.41) is 4.31. The van der Waals surface area contributed by atoms with E-state index in [0.717, 1.165) is 36.3 Å². The van der Waals surface area contributed by atoms with E-state index >= 15 is 0 Å². The number of nitrogens with zero attached hydrogens (tertiary/aromatic N) is 1. The number of carbonyl (C=O) groups excluding carboxylic acids is 1. The van der Waals surface area contributed by atoms with Gasteiger partial charge in [-0.15, -0.1) is 11.3 Å². The van der Waals surface area contributed by atoms with Crippen molar-refractivity contribution in [2.75, 3.05) is 24.5 Å². The van der Waals surface area contributed by atoms with Crippen molar-refractivity contribution in [3.63, 3.8) is 0 Å². The van der Waals surface area contributed by atoms with Crippen molar-refractivity contribution in [3.05, 3.63) is 46.2 Å². The number of nitrogens with one attached hydrogen (secondary N) is 1. The first kappa shape index (κ1) is 18.9. The molecule has 1 aromatic heterocycles. The minimum absolute atomic E-state index is 0.0505. The van der Waals surface area contributed by atoms with Gasteiger partial charge in [-0.3, -0.25) is 9.10 Å². The molecule has 1 amide bonds. The summed E-state index contributed by atoms with van der Waals surface area (Å²) >= 11 is 1.12. The van der Waals surface area contributed by atoms with Gasteiger partial charge in [-0.05, 0) is 43.5 Å². The minimum atomic E-state index is -3.71. The van der Waals surface area contributed by atoms with Crippen molar-refractivity contribution in [2.45, 2.75) is 30.8 Å². The van der Waals surface area contributed by atoms with Gasteiger partial charge in [-0.1, -0.05) is 12.1 Å². The molecule has 1 N–H and O–H groups in total. The highest BCUT2D eigenvalue weighted by Crippen LogP contribution is 2.26. The van der Waals surface area contributed by atoms with E-state index in [0.29, 0.717) is 17.1 Å². The van der Waals surface area contributed by atoms with Gasteiger partial charge in [0.1, 0.15) is 0 Å². The van der Waals surface area contributed by atoms with Crippen LogP contribution in [0.3, 0.4) is 0 Å². The molecule has 1 atom stereocenters. The number of amides is 1. The zero-order valence-electron chi connectivity index (χ0n) is 14.8. The molecule has 6 nitrogen and oxygen atoms in total. The van der Waals surface area contributed by atoms with Crippen LogP contribution >= 0.6 is 11.3 Å². The Labute approximate surface area is 157 Å². The van der Waals surface area contributed by atoms with Gasteiger partial charge in [-0.2, -0.15) is 0 Å². The summed E-state index contributed by atoms with van der Waals surface area (Å²) in [7, 11) is -2.20. The lowest BCUT2D eigenvalue weighted by Gasteiger charge is -2.19. The van der Waals surface area contributed by atoms with Gasteiger partial charge in [-0.25, -0.2) is 8.42 Å². The van der Waals surface area contributed by atoms with Crippen LogP contribution in [0, 0.1) is 6.92 Å². The Bertz CT molecular complexity index is 886. The predicted octanol–water partition coefficient (Wildman–Crippen LogP) is 2.79. The summed E-state index contributed by atoms with van der Waals surface area (Å²) in [5.74, 6) is -0.273. The molecule has 0 bridgehead atoms. The number of aryl methyl sites for hydroxylation is 1. The number of benzene rings is 1. The number of anilines is 1. The third-order valence-corrected chi connectivity index (χ3v) is 7.18. The highest BCUT2D eigenvalue weighted by molar-refractivity contribution is 7.93. The molecule has 26 heavy (non-hydrogen) atoms. The molecule has 1 fully saturated rings. The van der Waals surface area contributed by atoms with Crippen molar-refractivity contribution in [1.29, 1.82) is 0 Å². The standard InChI is InChI=1S/C18H22N2O4S2/c1-13-5-3-6-14(9-13)20(2)26(22,23)16-10-17(25-12-16)18(21)19-11-15-7-4-8-24-15/h3,5-6,9-10,12,15H,4,7-8,11H2,1-2H3,(H,19,21). The Hall–Kier alpha value is -1.90. The first-order valence-corrected chi connectivity index (χ1v) is 10.7. The summed E-state index contributed by atoms with van der Waals surface area (Å²) < 4.78 is 32.4. The lowest BCUT2D eigenvalue weighted by atomic mass is 10.2. The Morgan fingerprint density at radius 2 is 2.19 bits per heavy atom. The molecule has 3 rings (SSSR count). The SMILES string of the molecule is Cc1cccc(N(C)S(=O)(=O)c2csc(C(=O)NCC3CCCO3)c2)c1. The minimum Gasteiger partial charge on any atom is -0.376 e. The summed E-state index contributed by atoms with van der Waals surface area (Å²) in [4.78, 5) is 12.8. The fourth-order valence-electron chi connectivity index (χ4n) is 2.79. The number of carbonyl (C=O) groups is 1. The maximum Gasteiger partial charge on any atom is 0.264 e. The van der Waals surface area contributed by atoms with Crippen molar-refractivity contribution in [2.24, 2.45) is 0 Å². The van der Waals surface area contributed by atoms with Gasteiger partial charge >= 0.3 is 0 Å². The van der Waals surface area contributed by atoms with E-state index in [4.69, 9.17) is 4.74 Å². The Morgan fingerprint density at radius 3 is 2.88 bits per heavy atom. The smallest absolute Gasteiger partial charge is 0.264 e. The zero-order valence-corrected chi connectivity index (χ0v) is 16.4. The van der Waals surface area contributed by atoms with E-state index in [9.17, 15) is 13.2 Å². The van der Waals surface area contributed by atoms with E-state index in [1.807, 2.05) is 19.1 Å². The number of hydrogen-bond acceptors (Lipinski definition) is 5. The van der Waals surface area contributed by atoms with Gasteiger partial charge in [0.25, 0.3) is 15.9 Å². The Morgan fingerprint density at radius 1 is 1.38 bits per heavy atom. The van der Waals surface area contributed by atoms with Crippen LogP contribution in [0.5, 0.6) is 0 Å². The molecule has 1 unspecified atom stereocenters. The van der Waals surface area contributed by atoms with Crippen molar-refractivity contribution < 1.29 is 17.9 Å². The average Bonchev–Trinajstić information content (AvgIpc) is 3.31. The van der Waals surface area contributed by atoms with Crippen LogP contribution in [0.2, 0.25) is 0 Å². The normalized spacial score (nSPS) is 17.2. The van der Waals surface area contributed by atoms with Crippen LogP contribution in [0.4, 0.5) is 5.69 Å². The van der Waals surface area contributed by atoms with Gasteiger partial charge in [0.05, 0.1) is 21.6 Å². The fourth-order valence-corrected chi connectivity index (χ4v) is 5.16. The van der Waals surface area contributed by atoms with Gasteiger partial charge < -0.3 is 10.1 Å². The van der Waals surface area contributed by atoms with Gasteiger partial charge in [0.2, 0.25) is 0 Å². The zero-order chi connectivity index (χ0) is 18.7. The van der Waals surface area contributed by atoms with Crippen molar-refractivity contribution in [3.8, 4) is 0 Å². The number of rotatable bonds is 6. The number of hydrogen-bond donors (Lipinski definition) is 1. The molecule has 1 aromatic carbocycles. The summed E-state index contributed by atoms with van der Waals surface area (Å²) in [6, 6.07) is 8.70. The van der Waals surface area contributed by atoms with Crippen molar-refractivity contribution >= 4 is 33.0 Å². The maximum atomic E-state index is 12.8. The monoisotopic (exact) mass is 394 g/mol. The van der Waals surface area contributed by atoms with E-state index in [1.54, 1.807) is 12.1 Å². The average molecular weight is 395 g/mol. The summed E-state index contributed by atoms with van der Waals surface area (Å²) in [6.07, 6.45) is 1.99. The van der Waals surface area contributed by atoms with E-state index in [1.165, 1.54) is 22.8 Å².